The summed E-state index contributed by atoms with van der Waals surface area (Å²) in [5.74, 6) is -3.05. The predicted octanol–water partition coefficient (Wildman–Crippen LogP) is 3.07. The molecule has 0 radical (unpaired) electrons. The Morgan fingerprint density at radius 3 is 2.41 bits per heavy atom. The number of nitrogens with two attached hydrogens (primary N) is 1. The Morgan fingerprint density at radius 1 is 1.12 bits per heavy atom. The van der Waals surface area contributed by atoms with Crippen LogP contribution in [0.4, 0.5) is 18.9 Å². The number of amides is 1. The molecule has 0 spiro atoms. The minimum Gasteiger partial charge on any atom is -0.475 e. The highest BCUT2D eigenvalue weighted by Gasteiger charge is 2.38. The molecule has 1 aromatic carbocycles. The Labute approximate surface area is 178 Å². The minimum atomic E-state index is -5.08. The molecular formula is C20H17F3N6O3. The van der Waals surface area contributed by atoms with Gasteiger partial charge in [0.05, 0.1) is 11.4 Å². The average molecular weight is 446 g/mol. The monoisotopic (exact) mass is 446 g/mol. The third-order valence-electron chi connectivity index (χ3n) is 4.10. The molecule has 32 heavy (non-hydrogen) atoms. The van der Waals surface area contributed by atoms with Gasteiger partial charge in [-0.3, -0.25) is 9.89 Å². The molecule has 0 atom stereocenters. The van der Waals surface area contributed by atoms with Crippen molar-refractivity contribution in [3.63, 3.8) is 0 Å². The number of hydrogen-bond donors (Lipinski definition) is 4. The zero-order chi connectivity index (χ0) is 23.3. The number of carboxylic acid groups (broad SMARTS) is 1. The summed E-state index contributed by atoms with van der Waals surface area (Å²) < 4.78 is 33.6. The standard InChI is InChI=1S/C18H16N6O.C2HF3O2/c19-9-14-8-15(23-22-14)18(25)20-13-6-7-17-21-16(11-24(17)10-13)12-4-2-1-3-5-12;3-2(4,5)1(6)7/h1-8,10-11H,9,19H2,(H,20,25)(H,22,23);(H,6,7). The highest BCUT2D eigenvalue weighted by atomic mass is 19.4. The molecule has 0 fully saturated rings. The van der Waals surface area contributed by atoms with Gasteiger partial charge in [-0.1, -0.05) is 30.3 Å². The van der Waals surface area contributed by atoms with Gasteiger partial charge >= 0.3 is 12.1 Å². The van der Waals surface area contributed by atoms with Crippen LogP contribution in [0.3, 0.4) is 0 Å². The number of anilines is 1. The summed E-state index contributed by atoms with van der Waals surface area (Å²) in [6.07, 6.45) is -1.33. The molecule has 9 nitrogen and oxygen atoms in total. The zero-order valence-electron chi connectivity index (χ0n) is 16.3. The molecule has 0 aliphatic carbocycles. The summed E-state index contributed by atoms with van der Waals surface area (Å²) in [6, 6.07) is 15.3. The van der Waals surface area contributed by atoms with E-state index >= 15 is 0 Å². The number of imidazole rings is 1. The summed E-state index contributed by atoms with van der Waals surface area (Å²) in [6.45, 7) is 0.309. The molecule has 0 saturated carbocycles. The van der Waals surface area contributed by atoms with Crippen molar-refractivity contribution in [2.75, 3.05) is 5.32 Å². The maximum atomic E-state index is 12.2. The molecule has 3 aromatic heterocycles. The summed E-state index contributed by atoms with van der Waals surface area (Å²) >= 11 is 0. The molecular weight excluding hydrogens is 429 g/mol. The molecule has 0 aliphatic rings. The number of aromatic amines is 1. The number of alkyl halides is 3. The smallest absolute Gasteiger partial charge is 0.475 e. The van der Waals surface area contributed by atoms with Crippen LogP contribution >= 0.6 is 0 Å². The fourth-order valence-corrected chi connectivity index (χ4v) is 2.59. The van der Waals surface area contributed by atoms with Crippen molar-refractivity contribution in [3.8, 4) is 11.3 Å². The Balaban J connectivity index is 0.000000360. The average Bonchev–Trinajstić information content (AvgIpc) is 3.41. The van der Waals surface area contributed by atoms with Crippen molar-refractivity contribution in [2.24, 2.45) is 5.73 Å². The lowest BCUT2D eigenvalue weighted by molar-refractivity contribution is -0.192. The molecule has 166 valence electrons. The van der Waals surface area contributed by atoms with E-state index in [4.69, 9.17) is 15.6 Å². The minimum absolute atomic E-state index is 0.293. The molecule has 0 unspecified atom stereocenters. The second-order valence-corrected chi connectivity index (χ2v) is 6.41. The number of benzene rings is 1. The number of fused-ring (bicyclic) bond motifs is 1. The van der Waals surface area contributed by atoms with Crippen molar-refractivity contribution in [3.05, 3.63) is 72.3 Å². The van der Waals surface area contributed by atoms with Gasteiger partial charge in [0, 0.05) is 30.2 Å². The van der Waals surface area contributed by atoms with Crippen LogP contribution in [0.5, 0.6) is 0 Å². The van der Waals surface area contributed by atoms with E-state index in [1.165, 1.54) is 0 Å². The quantitative estimate of drug-likeness (QED) is 0.380. The van der Waals surface area contributed by atoms with Crippen molar-refractivity contribution >= 4 is 23.2 Å². The Kier molecular flexibility index (Phi) is 6.54. The fourth-order valence-electron chi connectivity index (χ4n) is 2.59. The predicted molar refractivity (Wildman–Crippen MR) is 109 cm³/mol. The molecule has 4 rings (SSSR count). The van der Waals surface area contributed by atoms with Crippen LogP contribution in [0, 0.1) is 0 Å². The first-order chi connectivity index (χ1) is 15.2. The second kappa shape index (κ2) is 9.31. The molecule has 12 heteroatoms. The number of carbonyl (C=O) groups is 2. The van der Waals surface area contributed by atoms with Crippen LogP contribution in [0.2, 0.25) is 0 Å². The van der Waals surface area contributed by atoms with E-state index in [0.717, 1.165) is 16.9 Å². The van der Waals surface area contributed by atoms with E-state index < -0.39 is 12.1 Å². The Bertz CT molecular complexity index is 1230. The first-order valence-corrected chi connectivity index (χ1v) is 9.07. The van der Waals surface area contributed by atoms with E-state index in [-0.39, 0.29) is 5.91 Å². The van der Waals surface area contributed by atoms with Gasteiger partial charge in [0.25, 0.3) is 5.91 Å². The molecule has 4 aromatic rings. The number of halogens is 3. The van der Waals surface area contributed by atoms with Gasteiger partial charge in [-0.05, 0) is 18.2 Å². The van der Waals surface area contributed by atoms with Crippen molar-refractivity contribution in [2.45, 2.75) is 12.7 Å². The fraction of sp³-hybridized carbons (Fsp3) is 0.100. The van der Waals surface area contributed by atoms with Gasteiger partial charge in [0.15, 0.2) is 5.69 Å². The number of nitrogens with one attached hydrogen (secondary N) is 2. The van der Waals surface area contributed by atoms with Gasteiger partial charge in [-0.15, -0.1) is 0 Å². The number of aromatic nitrogens is 4. The number of pyridine rings is 1. The number of aliphatic carboxylic acids is 1. The van der Waals surface area contributed by atoms with E-state index in [2.05, 4.69) is 20.5 Å². The molecule has 1 amide bonds. The summed E-state index contributed by atoms with van der Waals surface area (Å²) in [5.41, 5.74) is 9.92. The topological polar surface area (TPSA) is 138 Å². The van der Waals surface area contributed by atoms with E-state index in [0.29, 0.717) is 23.6 Å². The second-order valence-electron chi connectivity index (χ2n) is 6.41. The summed E-state index contributed by atoms with van der Waals surface area (Å²) in [7, 11) is 0. The first kappa shape index (κ1) is 22.5. The maximum Gasteiger partial charge on any atom is 0.490 e. The van der Waals surface area contributed by atoms with Crippen LogP contribution < -0.4 is 11.1 Å². The lowest BCUT2D eigenvalue weighted by atomic mass is 10.2. The molecule has 3 heterocycles. The third-order valence-corrected chi connectivity index (χ3v) is 4.10. The van der Waals surface area contributed by atoms with Gasteiger partial charge in [-0.25, -0.2) is 9.78 Å². The van der Waals surface area contributed by atoms with E-state index in [1.807, 2.05) is 59.3 Å². The number of carboxylic acids is 1. The Hall–Kier alpha value is -4.19. The van der Waals surface area contributed by atoms with Gasteiger partial charge in [0.1, 0.15) is 5.65 Å². The number of nitrogens with zero attached hydrogens (tertiary/aromatic N) is 3. The van der Waals surface area contributed by atoms with Crippen LogP contribution in [-0.4, -0.2) is 42.7 Å². The van der Waals surface area contributed by atoms with Gasteiger partial charge in [0.2, 0.25) is 0 Å². The normalized spacial score (nSPS) is 11.0. The molecule has 0 saturated heterocycles. The molecule has 5 N–H and O–H groups in total. The lowest BCUT2D eigenvalue weighted by Crippen LogP contribution is -2.21. The van der Waals surface area contributed by atoms with Crippen molar-refractivity contribution in [1.82, 2.24) is 19.6 Å². The molecule has 0 aliphatic heterocycles. The highest BCUT2D eigenvalue weighted by molar-refractivity contribution is 6.02. The van der Waals surface area contributed by atoms with Crippen LogP contribution in [0.1, 0.15) is 16.2 Å². The largest absolute Gasteiger partial charge is 0.490 e. The first-order valence-electron chi connectivity index (χ1n) is 9.07. The summed E-state index contributed by atoms with van der Waals surface area (Å²) in [5, 5.41) is 16.6. The maximum absolute atomic E-state index is 12.2. The zero-order valence-corrected chi connectivity index (χ0v) is 16.3. The van der Waals surface area contributed by atoms with Crippen LogP contribution in [0.25, 0.3) is 16.9 Å². The van der Waals surface area contributed by atoms with Crippen molar-refractivity contribution in [1.29, 1.82) is 0 Å². The number of H-pyrrole nitrogens is 1. The number of carbonyl (C=O) groups excluding carboxylic acids is 1. The molecule has 0 bridgehead atoms. The van der Waals surface area contributed by atoms with Crippen LogP contribution in [-0.2, 0) is 11.3 Å². The lowest BCUT2D eigenvalue weighted by Gasteiger charge is -2.03. The van der Waals surface area contributed by atoms with Crippen LogP contribution in [0.15, 0.2) is 60.9 Å². The highest BCUT2D eigenvalue weighted by Crippen LogP contribution is 2.20. The summed E-state index contributed by atoms with van der Waals surface area (Å²) in [4.78, 5) is 25.7. The third kappa shape index (κ3) is 5.49. The number of hydrogen-bond acceptors (Lipinski definition) is 5. The SMILES string of the molecule is NCc1cc(C(=O)Nc2ccc3nc(-c4ccccc4)cn3c2)n[nH]1.O=C(O)C(F)(F)F. The van der Waals surface area contributed by atoms with Gasteiger partial charge < -0.3 is 20.6 Å². The Morgan fingerprint density at radius 2 is 1.81 bits per heavy atom. The van der Waals surface area contributed by atoms with E-state index in [1.54, 1.807) is 6.07 Å². The van der Waals surface area contributed by atoms with Gasteiger partial charge in [-0.2, -0.15) is 18.3 Å². The van der Waals surface area contributed by atoms with E-state index in [9.17, 15) is 18.0 Å². The van der Waals surface area contributed by atoms with Crippen molar-refractivity contribution < 1.29 is 27.9 Å². The number of rotatable bonds is 4.